The average Bonchev–Trinajstić information content (AvgIpc) is 2.79. The molecule has 2 fully saturated rings. The number of carbonyl (C=O) groups excluding carboxylic acids is 1. The summed E-state index contributed by atoms with van der Waals surface area (Å²) in [6.07, 6.45) is 5.93. The van der Waals surface area contributed by atoms with Crippen molar-refractivity contribution in [3.05, 3.63) is 65.2 Å². The summed E-state index contributed by atoms with van der Waals surface area (Å²) in [5, 5.41) is 0. The summed E-state index contributed by atoms with van der Waals surface area (Å²) in [5.41, 5.74) is 4.37. The molecule has 0 radical (unpaired) electrons. The second-order valence-corrected chi connectivity index (χ2v) is 8.27. The van der Waals surface area contributed by atoms with Crippen LogP contribution in [0.5, 0.6) is 0 Å². The van der Waals surface area contributed by atoms with Crippen LogP contribution in [0.1, 0.15) is 53.6 Å². The van der Waals surface area contributed by atoms with Crippen LogP contribution in [0.15, 0.2) is 48.5 Å². The number of morpholine rings is 1. The number of aryl methyl sites for hydroxylation is 1. The first-order valence-electron chi connectivity index (χ1n) is 11.0. The van der Waals surface area contributed by atoms with Gasteiger partial charge in [0.05, 0.1) is 18.8 Å². The first-order valence-corrected chi connectivity index (χ1v) is 11.0. The Labute approximate surface area is 174 Å². The van der Waals surface area contributed by atoms with E-state index in [1.165, 1.54) is 30.4 Å². The van der Waals surface area contributed by atoms with Crippen molar-refractivity contribution in [1.82, 2.24) is 4.90 Å². The predicted octanol–water partition coefficient (Wildman–Crippen LogP) is 4.81. The number of hydrogen-bond donors (Lipinski definition) is 0. The van der Waals surface area contributed by atoms with E-state index in [9.17, 15) is 4.79 Å². The second kappa shape index (κ2) is 9.45. The number of amides is 1. The lowest BCUT2D eigenvalue weighted by atomic mass is 9.92. The molecule has 2 aliphatic rings. The number of carbonyl (C=O) groups is 1. The predicted molar refractivity (Wildman–Crippen MR) is 117 cm³/mol. The molecule has 1 aliphatic heterocycles. The standard InChI is InChI=1S/C25H32N2O2/c1-20-9-5-6-10-21(20)19-27(22-11-3-2-4-12-22)25(28)23-13-7-8-14-24(23)26-15-17-29-18-16-26/h5-10,13-14,22H,2-4,11-12,15-19H2,1H3. The lowest BCUT2D eigenvalue weighted by Crippen LogP contribution is -2.42. The highest BCUT2D eigenvalue weighted by Crippen LogP contribution is 2.29. The van der Waals surface area contributed by atoms with Crippen LogP contribution in [0.2, 0.25) is 0 Å². The summed E-state index contributed by atoms with van der Waals surface area (Å²) in [5.74, 6) is 0.169. The fraction of sp³-hybridized carbons (Fsp3) is 0.480. The van der Waals surface area contributed by atoms with E-state index in [0.29, 0.717) is 12.6 Å². The van der Waals surface area contributed by atoms with Gasteiger partial charge in [-0.1, -0.05) is 55.7 Å². The number of hydrogen-bond acceptors (Lipinski definition) is 3. The van der Waals surface area contributed by atoms with Gasteiger partial charge >= 0.3 is 0 Å². The summed E-state index contributed by atoms with van der Waals surface area (Å²) in [7, 11) is 0. The van der Waals surface area contributed by atoms with Crippen LogP contribution in [0, 0.1) is 6.92 Å². The molecule has 0 N–H and O–H groups in total. The van der Waals surface area contributed by atoms with Gasteiger partial charge in [0.1, 0.15) is 0 Å². The van der Waals surface area contributed by atoms with Gasteiger partial charge in [-0.15, -0.1) is 0 Å². The summed E-state index contributed by atoms with van der Waals surface area (Å²) in [4.78, 5) is 18.3. The molecule has 29 heavy (non-hydrogen) atoms. The molecule has 1 aliphatic carbocycles. The highest BCUT2D eigenvalue weighted by Gasteiger charge is 2.29. The largest absolute Gasteiger partial charge is 0.378 e. The zero-order valence-corrected chi connectivity index (χ0v) is 17.5. The zero-order chi connectivity index (χ0) is 20.1. The van der Waals surface area contributed by atoms with Crippen LogP contribution in [0.3, 0.4) is 0 Å². The van der Waals surface area contributed by atoms with Gasteiger partial charge in [0.15, 0.2) is 0 Å². The Balaban J connectivity index is 1.65. The number of anilines is 1. The molecule has 2 aromatic carbocycles. The summed E-state index contributed by atoms with van der Waals surface area (Å²) in [6.45, 7) is 5.95. The lowest BCUT2D eigenvalue weighted by molar-refractivity contribution is 0.0613. The monoisotopic (exact) mass is 392 g/mol. The molecule has 4 heteroatoms. The molecule has 4 rings (SSSR count). The van der Waals surface area contributed by atoms with Crippen LogP contribution in [0.25, 0.3) is 0 Å². The third-order valence-corrected chi connectivity index (χ3v) is 6.36. The van der Waals surface area contributed by atoms with Gasteiger partial charge in [-0.05, 0) is 43.0 Å². The fourth-order valence-electron chi connectivity index (χ4n) is 4.62. The topological polar surface area (TPSA) is 32.8 Å². The number of rotatable bonds is 5. The van der Waals surface area contributed by atoms with E-state index in [-0.39, 0.29) is 5.91 Å². The maximum Gasteiger partial charge on any atom is 0.256 e. The van der Waals surface area contributed by atoms with Crippen molar-refractivity contribution in [1.29, 1.82) is 0 Å². The average molecular weight is 393 g/mol. The quantitative estimate of drug-likeness (QED) is 0.732. The minimum atomic E-state index is 0.169. The van der Waals surface area contributed by atoms with Gasteiger partial charge in [-0.2, -0.15) is 0 Å². The lowest BCUT2D eigenvalue weighted by Gasteiger charge is -2.36. The SMILES string of the molecule is Cc1ccccc1CN(C(=O)c1ccccc1N1CCOCC1)C1CCCCC1. The molecule has 0 bridgehead atoms. The summed E-state index contributed by atoms with van der Waals surface area (Å²) >= 11 is 0. The van der Waals surface area contributed by atoms with Gasteiger partial charge in [0.25, 0.3) is 5.91 Å². The van der Waals surface area contributed by atoms with Crippen LogP contribution < -0.4 is 4.90 Å². The molecule has 1 saturated carbocycles. The molecule has 1 heterocycles. The van der Waals surface area contributed by atoms with E-state index < -0.39 is 0 Å². The first kappa shape index (κ1) is 20.0. The Bertz CT molecular complexity index is 823. The molecule has 0 atom stereocenters. The van der Waals surface area contributed by atoms with Gasteiger partial charge in [-0.25, -0.2) is 0 Å². The Morgan fingerprint density at radius 2 is 1.69 bits per heavy atom. The molecule has 0 spiro atoms. The van der Waals surface area contributed by atoms with Gasteiger partial charge in [-0.3, -0.25) is 4.79 Å². The third kappa shape index (κ3) is 4.64. The molecule has 1 saturated heterocycles. The molecule has 154 valence electrons. The zero-order valence-electron chi connectivity index (χ0n) is 17.5. The van der Waals surface area contributed by atoms with Crippen molar-refractivity contribution in [3.8, 4) is 0 Å². The van der Waals surface area contributed by atoms with Gasteiger partial charge in [0.2, 0.25) is 0 Å². The van der Waals surface area contributed by atoms with Crippen LogP contribution >= 0.6 is 0 Å². The first-order chi connectivity index (χ1) is 14.2. The van der Waals surface area contributed by atoms with Crippen molar-refractivity contribution in [2.24, 2.45) is 0 Å². The molecule has 0 aromatic heterocycles. The fourth-order valence-corrected chi connectivity index (χ4v) is 4.62. The minimum absolute atomic E-state index is 0.169. The Morgan fingerprint density at radius 3 is 2.45 bits per heavy atom. The van der Waals surface area contributed by atoms with Crippen LogP contribution in [0.4, 0.5) is 5.69 Å². The Kier molecular flexibility index (Phi) is 6.50. The van der Waals surface area contributed by atoms with Crippen molar-refractivity contribution in [2.75, 3.05) is 31.2 Å². The van der Waals surface area contributed by atoms with Gasteiger partial charge in [0, 0.05) is 31.4 Å². The molecular weight excluding hydrogens is 360 g/mol. The van der Waals surface area contributed by atoms with Crippen LogP contribution in [-0.4, -0.2) is 43.2 Å². The third-order valence-electron chi connectivity index (χ3n) is 6.36. The number of para-hydroxylation sites is 1. The smallest absolute Gasteiger partial charge is 0.256 e. The van der Waals surface area contributed by atoms with E-state index in [4.69, 9.17) is 4.74 Å². The Hall–Kier alpha value is -2.33. The maximum absolute atomic E-state index is 13.9. The highest BCUT2D eigenvalue weighted by molar-refractivity contribution is 6.00. The van der Waals surface area contributed by atoms with E-state index in [1.807, 2.05) is 18.2 Å². The number of nitrogens with zero attached hydrogens (tertiary/aromatic N) is 2. The van der Waals surface area contributed by atoms with Crippen LogP contribution in [-0.2, 0) is 11.3 Å². The van der Waals surface area contributed by atoms with Crippen molar-refractivity contribution in [2.45, 2.75) is 51.6 Å². The molecule has 0 unspecified atom stereocenters. The molecule has 4 nitrogen and oxygen atoms in total. The highest BCUT2D eigenvalue weighted by atomic mass is 16.5. The minimum Gasteiger partial charge on any atom is -0.378 e. The molecule has 1 amide bonds. The second-order valence-electron chi connectivity index (χ2n) is 8.27. The van der Waals surface area contributed by atoms with E-state index in [2.05, 4.69) is 47.1 Å². The molecule has 2 aromatic rings. The Morgan fingerprint density at radius 1 is 1.00 bits per heavy atom. The molecular formula is C25H32N2O2. The normalized spacial score (nSPS) is 17.9. The van der Waals surface area contributed by atoms with Crippen molar-refractivity contribution >= 4 is 11.6 Å². The van der Waals surface area contributed by atoms with E-state index in [0.717, 1.165) is 50.4 Å². The number of ether oxygens (including phenoxy) is 1. The summed E-state index contributed by atoms with van der Waals surface area (Å²) < 4.78 is 5.52. The summed E-state index contributed by atoms with van der Waals surface area (Å²) in [6, 6.07) is 16.9. The maximum atomic E-state index is 13.9. The van der Waals surface area contributed by atoms with E-state index in [1.54, 1.807) is 0 Å². The number of benzene rings is 2. The van der Waals surface area contributed by atoms with Crippen molar-refractivity contribution < 1.29 is 9.53 Å². The van der Waals surface area contributed by atoms with Crippen molar-refractivity contribution in [3.63, 3.8) is 0 Å². The van der Waals surface area contributed by atoms with Gasteiger partial charge < -0.3 is 14.5 Å². The van der Waals surface area contributed by atoms with E-state index >= 15 is 0 Å².